The van der Waals surface area contributed by atoms with E-state index in [1.165, 1.54) is 0 Å². The Labute approximate surface area is 107 Å². The Morgan fingerprint density at radius 1 is 1.39 bits per heavy atom. The second-order valence-corrected chi connectivity index (χ2v) is 4.41. The van der Waals surface area contributed by atoms with Crippen LogP contribution >= 0.6 is 0 Å². The maximum Gasteiger partial charge on any atom is 0.154 e. The second kappa shape index (κ2) is 5.78. The molecule has 0 aliphatic rings. The standard InChI is InChI=1S/C14H19N3O/c1-3-8-17-13-7-5-4-6-12(13)16-14(17)9-11(18)10-15-2/h4-7,15H,3,8-10H2,1-2H3. The highest BCUT2D eigenvalue weighted by Gasteiger charge is 2.12. The summed E-state index contributed by atoms with van der Waals surface area (Å²) >= 11 is 0. The average Bonchev–Trinajstić information content (AvgIpc) is 2.68. The normalized spacial score (nSPS) is 11.0. The molecule has 0 unspecified atom stereocenters. The van der Waals surface area contributed by atoms with E-state index in [1.807, 2.05) is 18.2 Å². The molecule has 0 saturated heterocycles. The molecule has 0 atom stereocenters. The predicted octanol–water partition coefficient (Wildman–Crippen LogP) is 1.78. The van der Waals surface area contributed by atoms with Crippen LogP contribution in [0.25, 0.3) is 11.0 Å². The summed E-state index contributed by atoms with van der Waals surface area (Å²) in [6, 6.07) is 8.04. The molecule has 0 saturated carbocycles. The number of nitrogens with zero attached hydrogens (tertiary/aromatic N) is 2. The molecule has 0 aliphatic carbocycles. The first-order chi connectivity index (χ1) is 8.76. The Morgan fingerprint density at radius 2 is 2.17 bits per heavy atom. The first-order valence-corrected chi connectivity index (χ1v) is 6.36. The molecule has 0 amide bonds. The van der Waals surface area contributed by atoms with Crippen molar-refractivity contribution in [2.45, 2.75) is 26.3 Å². The van der Waals surface area contributed by atoms with Gasteiger partial charge in [-0.3, -0.25) is 4.79 Å². The van der Waals surface area contributed by atoms with Gasteiger partial charge in [0.25, 0.3) is 0 Å². The number of ketones is 1. The van der Waals surface area contributed by atoms with E-state index in [0.717, 1.165) is 29.8 Å². The Bertz CT molecular complexity index is 545. The van der Waals surface area contributed by atoms with Crippen LogP contribution in [0.15, 0.2) is 24.3 Å². The van der Waals surface area contributed by atoms with Crippen LogP contribution in [0, 0.1) is 0 Å². The smallest absolute Gasteiger partial charge is 0.154 e. The predicted molar refractivity (Wildman–Crippen MR) is 72.7 cm³/mol. The van der Waals surface area contributed by atoms with E-state index in [-0.39, 0.29) is 5.78 Å². The molecule has 1 aromatic heterocycles. The minimum absolute atomic E-state index is 0.171. The molecule has 4 heteroatoms. The van der Waals surface area contributed by atoms with Crippen LogP contribution in [0.1, 0.15) is 19.2 Å². The second-order valence-electron chi connectivity index (χ2n) is 4.41. The molecule has 0 spiro atoms. The zero-order chi connectivity index (χ0) is 13.0. The minimum Gasteiger partial charge on any atom is -0.328 e. The van der Waals surface area contributed by atoms with Crippen molar-refractivity contribution in [1.29, 1.82) is 0 Å². The Kier molecular flexibility index (Phi) is 4.10. The number of carbonyl (C=O) groups is 1. The molecule has 2 rings (SSSR count). The van der Waals surface area contributed by atoms with E-state index >= 15 is 0 Å². The zero-order valence-electron chi connectivity index (χ0n) is 10.9. The van der Waals surface area contributed by atoms with E-state index in [4.69, 9.17) is 0 Å². The van der Waals surface area contributed by atoms with Gasteiger partial charge in [-0.25, -0.2) is 4.98 Å². The number of carbonyl (C=O) groups excluding carboxylic acids is 1. The molecule has 0 aliphatic heterocycles. The third-order valence-electron chi connectivity index (χ3n) is 2.91. The van der Waals surface area contributed by atoms with Crippen molar-refractivity contribution in [3.05, 3.63) is 30.1 Å². The van der Waals surface area contributed by atoms with Crippen molar-refractivity contribution in [1.82, 2.24) is 14.9 Å². The average molecular weight is 245 g/mol. The fourth-order valence-corrected chi connectivity index (χ4v) is 2.17. The highest BCUT2D eigenvalue weighted by Crippen LogP contribution is 2.17. The number of Topliss-reactive ketones (excluding diaryl/α,β-unsaturated/α-hetero) is 1. The van der Waals surface area contributed by atoms with Crippen molar-refractivity contribution in [2.75, 3.05) is 13.6 Å². The third-order valence-corrected chi connectivity index (χ3v) is 2.91. The number of fused-ring (bicyclic) bond motifs is 1. The molecular formula is C14H19N3O. The van der Waals surface area contributed by atoms with Gasteiger partial charge in [0.05, 0.1) is 24.0 Å². The van der Waals surface area contributed by atoms with Crippen LogP contribution in [0.5, 0.6) is 0 Å². The van der Waals surface area contributed by atoms with E-state index in [2.05, 4.69) is 27.9 Å². The molecule has 1 N–H and O–H groups in total. The van der Waals surface area contributed by atoms with Crippen LogP contribution in [0.4, 0.5) is 0 Å². The number of nitrogens with one attached hydrogen (secondary N) is 1. The number of hydrogen-bond donors (Lipinski definition) is 1. The molecular weight excluding hydrogens is 226 g/mol. The van der Waals surface area contributed by atoms with Crippen LogP contribution in [0.3, 0.4) is 0 Å². The fraction of sp³-hybridized carbons (Fsp3) is 0.429. The van der Waals surface area contributed by atoms with Crippen LogP contribution < -0.4 is 5.32 Å². The summed E-state index contributed by atoms with van der Waals surface area (Å²) in [5.74, 6) is 1.04. The first-order valence-electron chi connectivity index (χ1n) is 6.36. The summed E-state index contributed by atoms with van der Waals surface area (Å²) in [5, 5.41) is 2.89. The van der Waals surface area contributed by atoms with E-state index < -0.39 is 0 Å². The fourth-order valence-electron chi connectivity index (χ4n) is 2.17. The van der Waals surface area contributed by atoms with Crippen LogP contribution in [-0.2, 0) is 17.8 Å². The lowest BCUT2D eigenvalue weighted by atomic mass is 10.2. The Balaban J connectivity index is 2.36. The first kappa shape index (κ1) is 12.8. The lowest BCUT2D eigenvalue weighted by Crippen LogP contribution is -2.21. The third kappa shape index (κ3) is 2.59. The number of rotatable bonds is 6. The SMILES string of the molecule is CCCn1c(CC(=O)CNC)nc2ccccc21. The van der Waals surface area contributed by atoms with Gasteiger partial charge in [0.2, 0.25) is 0 Å². The molecule has 0 bridgehead atoms. The summed E-state index contributed by atoms with van der Waals surface area (Å²) in [6.45, 7) is 3.44. The molecule has 1 heterocycles. The van der Waals surface area contributed by atoms with Gasteiger partial charge in [0.1, 0.15) is 5.82 Å². The monoisotopic (exact) mass is 245 g/mol. The van der Waals surface area contributed by atoms with Gasteiger partial charge in [-0.2, -0.15) is 0 Å². The number of para-hydroxylation sites is 2. The van der Waals surface area contributed by atoms with Gasteiger partial charge in [-0.1, -0.05) is 19.1 Å². The number of hydrogen-bond acceptors (Lipinski definition) is 3. The maximum absolute atomic E-state index is 11.7. The molecule has 2 aromatic rings. The number of benzene rings is 1. The number of aryl methyl sites for hydroxylation is 1. The Hall–Kier alpha value is -1.68. The van der Waals surface area contributed by atoms with E-state index in [0.29, 0.717) is 13.0 Å². The van der Waals surface area contributed by atoms with Crippen molar-refractivity contribution < 1.29 is 4.79 Å². The summed E-state index contributed by atoms with van der Waals surface area (Å²) in [6.07, 6.45) is 1.43. The molecule has 4 nitrogen and oxygen atoms in total. The molecule has 0 fully saturated rings. The summed E-state index contributed by atoms with van der Waals surface area (Å²) in [4.78, 5) is 16.3. The molecule has 1 aromatic carbocycles. The van der Waals surface area contributed by atoms with Gasteiger partial charge >= 0.3 is 0 Å². The summed E-state index contributed by atoms with van der Waals surface area (Å²) < 4.78 is 2.16. The van der Waals surface area contributed by atoms with Crippen LogP contribution in [0.2, 0.25) is 0 Å². The highest BCUT2D eigenvalue weighted by atomic mass is 16.1. The minimum atomic E-state index is 0.171. The molecule has 0 radical (unpaired) electrons. The van der Waals surface area contributed by atoms with Gasteiger partial charge in [0, 0.05) is 6.54 Å². The van der Waals surface area contributed by atoms with Crippen molar-refractivity contribution in [3.8, 4) is 0 Å². The molecule has 18 heavy (non-hydrogen) atoms. The quantitative estimate of drug-likeness (QED) is 0.844. The van der Waals surface area contributed by atoms with Crippen molar-refractivity contribution >= 4 is 16.8 Å². The Morgan fingerprint density at radius 3 is 2.89 bits per heavy atom. The van der Waals surface area contributed by atoms with Crippen molar-refractivity contribution in [3.63, 3.8) is 0 Å². The largest absolute Gasteiger partial charge is 0.328 e. The van der Waals surface area contributed by atoms with Gasteiger partial charge < -0.3 is 9.88 Å². The van der Waals surface area contributed by atoms with E-state index in [1.54, 1.807) is 7.05 Å². The lowest BCUT2D eigenvalue weighted by molar-refractivity contribution is -0.117. The van der Waals surface area contributed by atoms with Gasteiger partial charge in [-0.15, -0.1) is 0 Å². The number of imidazole rings is 1. The van der Waals surface area contributed by atoms with Gasteiger partial charge in [0.15, 0.2) is 5.78 Å². The summed E-state index contributed by atoms with van der Waals surface area (Å²) in [5.41, 5.74) is 2.09. The zero-order valence-corrected chi connectivity index (χ0v) is 10.9. The van der Waals surface area contributed by atoms with Crippen molar-refractivity contribution in [2.24, 2.45) is 0 Å². The number of likely N-dealkylation sites (N-methyl/N-ethyl adjacent to an activating group) is 1. The summed E-state index contributed by atoms with van der Waals surface area (Å²) in [7, 11) is 1.78. The molecule has 96 valence electrons. The lowest BCUT2D eigenvalue weighted by Gasteiger charge is -2.07. The topological polar surface area (TPSA) is 46.9 Å². The number of aromatic nitrogens is 2. The maximum atomic E-state index is 11.7. The highest BCUT2D eigenvalue weighted by molar-refractivity contribution is 5.84. The van der Waals surface area contributed by atoms with Gasteiger partial charge in [-0.05, 0) is 25.6 Å². The van der Waals surface area contributed by atoms with E-state index in [9.17, 15) is 4.79 Å². The van der Waals surface area contributed by atoms with Crippen LogP contribution in [-0.4, -0.2) is 28.9 Å².